The maximum atomic E-state index is 12.0. The molecule has 0 heterocycles. The summed E-state index contributed by atoms with van der Waals surface area (Å²) in [7, 11) is 0. The molecule has 0 aromatic heterocycles. The fraction of sp³-hybridized carbons (Fsp3) is 0.467. The molecule has 19 heavy (non-hydrogen) atoms. The van der Waals surface area contributed by atoms with Crippen molar-refractivity contribution in [3.8, 4) is 0 Å². The summed E-state index contributed by atoms with van der Waals surface area (Å²) in [6.45, 7) is 7.25. The summed E-state index contributed by atoms with van der Waals surface area (Å²) in [6, 6.07) is 5.73. The van der Waals surface area contributed by atoms with Gasteiger partial charge in [-0.05, 0) is 36.6 Å². The first-order valence-electron chi connectivity index (χ1n) is 6.50. The number of carbonyl (C=O) groups excluding carboxylic acids is 1. The van der Waals surface area contributed by atoms with Crippen LogP contribution < -0.4 is 5.32 Å². The first-order valence-corrected chi connectivity index (χ1v) is 6.50. The van der Waals surface area contributed by atoms with Crippen LogP contribution in [0.1, 0.15) is 31.9 Å². The minimum Gasteiger partial charge on any atom is -0.481 e. The van der Waals surface area contributed by atoms with Crippen molar-refractivity contribution in [2.45, 2.75) is 34.1 Å². The molecule has 0 spiro atoms. The molecule has 0 radical (unpaired) electrons. The highest BCUT2D eigenvalue weighted by atomic mass is 16.4. The molecular weight excluding hydrogens is 242 g/mol. The molecule has 0 aliphatic rings. The van der Waals surface area contributed by atoms with E-state index in [1.807, 2.05) is 25.1 Å². The second-order valence-electron chi connectivity index (χ2n) is 4.90. The van der Waals surface area contributed by atoms with E-state index in [0.717, 1.165) is 12.1 Å². The van der Waals surface area contributed by atoms with Crippen LogP contribution in [-0.2, 0) is 16.0 Å². The highest BCUT2D eigenvalue weighted by Crippen LogP contribution is 2.18. The summed E-state index contributed by atoms with van der Waals surface area (Å²) < 4.78 is 0. The van der Waals surface area contributed by atoms with E-state index in [9.17, 15) is 9.59 Å². The van der Waals surface area contributed by atoms with Crippen molar-refractivity contribution in [2.24, 2.45) is 11.8 Å². The molecule has 2 unspecified atom stereocenters. The molecule has 104 valence electrons. The number of benzene rings is 1. The van der Waals surface area contributed by atoms with Crippen LogP contribution in [0.15, 0.2) is 18.2 Å². The number of hydrogen-bond donors (Lipinski definition) is 2. The molecule has 0 saturated carbocycles. The lowest BCUT2D eigenvalue weighted by atomic mass is 9.95. The van der Waals surface area contributed by atoms with Crippen molar-refractivity contribution in [3.05, 3.63) is 29.3 Å². The van der Waals surface area contributed by atoms with Crippen LogP contribution in [0.5, 0.6) is 0 Å². The zero-order chi connectivity index (χ0) is 14.6. The number of nitrogens with one attached hydrogen (secondary N) is 1. The summed E-state index contributed by atoms with van der Waals surface area (Å²) in [5.41, 5.74) is 3.08. The molecule has 4 heteroatoms. The molecule has 0 fully saturated rings. The minimum absolute atomic E-state index is 0.263. The third-order valence-electron chi connectivity index (χ3n) is 3.55. The van der Waals surface area contributed by atoms with Gasteiger partial charge in [-0.25, -0.2) is 0 Å². The molecule has 2 N–H and O–H groups in total. The van der Waals surface area contributed by atoms with E-state index in [4.69, 9.17) is 5.11 Å². The van der Waals surface area contributed by atoms with Crippen LogP contribution >= 0.6 is 0 Å². The fourth-order valence-corrected chi connectivity index (χ4v) is 1.83. The molecule has 0 aliphatic heterocycles. The standard InChI is InChI=1S/C15H21NO3/c1-5-12-8-13(7-6-9(12)2)16-14(17)10(3)11(4)15(18)19/h6-8,10-11H,5H2,1-4H3,(H,16,17)(H,18,19). The van der Waals surface area contributed by atoms with Gasteiger partial charge in [0.15, 0.2) is 0 Å². The second-order valence-corrected chi connectivity index (χ2v) is 4.90. The van der Waals surface area contributed by atoms with E-state index in [1.54, 1.807) is 13.8 Å². The molecule has 2 atom stereocenters. The molecule has 1 aromatic rings. The molecular formula is C15H21NO3. The van der Waals surface area contributed by atoms with Crippen molar-refractivity contribution in [3.63, 3.8) is 0 Å². The van der Waals surface area contributed by atoms with Gasteiger partial charge in [-0.2, -0.15) is 0 Å². The smallest absolute Gasteiger partial charge is 0.307 e. The summed E-state index contributed by atoms with van der Waals surface area (Å²) in [4.78, 5) is 22.8. The SMILES string of the molecule is CCc1cc(NC(=O)C(C)C(C)C(=O)O)ccc1C. The second kappa shape index (κ2) is 6.36. The topological polar surface area (TPSA) is 66.4 Å². The average Bonchev–Trinajstić information content (AvgIpc) is 2.38. The van der Waals surface area contributed by atoms with Crippen molar-refractivity contribution in [1.29, 1.82) is 0 Å². The lowest BCUT2D eigenvalue weighted by Crippen LogP contribution is -2.30. The molecule has 1 aromatic carbocycles. The number of anilines is 1. The van der Waals surface area contributed by atoms with E-state index in [-0.39, 0.29) is 5.91 Å². The monoisotopic (exact) mass is 263 g/mol. The van der Waals surface area contributed by atoms with Crippen molar-refractivity contribution in [1.82, 2.24) is 0 Å². The van der Waals surface area contributed by atoms with Gasteiger partial charge >= 0.3 is 5.97 Å². The Labute approximate surface area is 113 Å². The predicted molar refractivity (Wildman–Crippen MR) is 75.2 cm³/mol. The first-order chi connectivity index (χ1) is 8.86. The highest BCUT2D eigenvalue weighted by molar-refractivity contribution is 5.94. The molecule has 0 bridgehead atoms. The number of amides is 1. The van der Waals surface area contributed by atoms with Gasteiger partial charge in [0.2, 0.25) is 5.91 Å². The molecule has 0 saturated heterocycles. The van der Waals surface area contributed by atoms with E-state index in [2.05, 4.69) is 12.2 Å². The lowest BCUT2D eigenvalue weighted by Gasteiger charge is -2.16. The van der Waals surface area contributed by atoms with Crippen LogP contribution in [0, 0.1) is 18.8 Å². The van der Waals surface area contributed by atoms with E-state index >= 15 is 0 Å². The van der Waals surface area contributed by atoms with Gasteiger partial charge in [-0.3, -0.25) is 9.59 Å². The Balaban J connectivity index is 2.79. The van der Waals surface area contributed by atoms with Gasteiger partial charge in [0, 0.05) is 11.6 Å². The fourth-order valence-electron chi connectivity index (χ4n) is 1.83. The van der Waals surface area contributed by atoms with Crippen molar-refractivity contribution < 1.29 is 14.7 Å². The summed E-state index contributed by atoms with van der Waals surface area (Å²) in [6.07, 6.45) is 0.899. The van der Waals surface area contributed by atoms with Crippen LogP contribution in [-0.4, -0.2) is 17.0 Å². The van der Waals surface area contributed by atoms with Gasteiger partial charge < -0.3 is 10.4 Å². The van der Waals surface area contributed by atoms with Gasteiger partial charge in [0.05, 0.1) is 5.92 Å². The highest BCUT2D eigenvalue weighted by Gasteiger charge is 2.25. The van der Waals surface area contributed by atoms with E-state index in [0.29, 0.717) is 0 Å². The first kappa shape index (κ1) is 15.2. The predicted octanol–water partition coefficient (Wildman–Crippen LogP) is 2.85. The quantitative estimate of drug-likeness (QED) is 0.858. The third kappa shape index (κ3) is 3.81. The number of carbonyl (C=O) groups is 2. The van der Waals surface area contributed by atoms with E-state index < -0.39 is 17.8 Å². The number of carboxylic acids is 1. The minimum atomic E-state index is -0.958. The summed E-state index contributed by atoms with van der Waals surface area (Å²) >= 11 is 0. The molecule has 4 nitrogen and oxygen atoms in total. The van der Waals surface area contributed by atoms with Gasteiger partial charge in [0.1, 0.15) is 0 Å². The third-order valence-corrected chi connectivity index (χ3v) is 3.55. The number of aryl methyl sites for hydroxylation is 2. The summed E-state index contributed by atoms with van der Waals surface area (Å²) in [5, 5.41) is 11.7. The van der Waals surface area contributed by atoms with Gasteiger partial charge in [0.25, 0.3) is 0 Å². The lowest BCUT2D eigenvalue weighted by molar-refractivity contribution is -0.145. The Morgan fingerprint density at radius 1 is 1.26 bits per heavy atom. The Morgan fingerprint density at radius 3 is 2.42 bits per heavy atom. The Bertz CT molecular complexity index is 482. The molecule has 0 aliphatic carbocycles. The number of rotatable bonds is 5. The maximum absolute atomic E-state index is 12.0. The van der Waals surface area contributed by atoms with Crippen molar-refractivity contribution in [2.75, 3.05) is 5.32 Å². The van der Waals surface area contributed by atoms with Gasteiger partial charge in [-0.1, -0.05) is 26.8 Å². The number of aliphatic carboxylic acids is 1. The zero-order valence-corrected chi connectivity index (χ0v) is 11.9. The summed E-state index contributed by atoms with van der Waals surface area (Å²) in [5.74, 6) is -2.48. The van der Waals surface area contributed by atoms with Crippen LogP contribution in [0.25, 0.3) is 0 Å². The normalized spacial score (nSPS) is 13.7. The largest absolute Gasteiger partial charge is 0.481 e. The van der Waals surface area contributed by atoms with Gasteiger partial charge in [-0.15, -0.1) is 0 Å². The van der Waals surface area contributed by atoms with E-state index in [1.165, 1.54) is 11.1 Å². The zero-order valence-electron chi connectivity index (χ0n) is 11.9. The van der Waals surface area contributed by atoms with Crippen LogP contribution in [0.3, 0.4) is 0 Å². The van der Waals surface area contributed by atoms with Crippen LogP contribution in [0.2, 0.25) is 0 Å². The molecule has 1 rings (SSSR count). The maximum Gasteiger partial charge on any atom is 0.307 e. The van der Waals surface area contributed by atoms with Crippen LogP contribution in [0.4, 0.5) is 5.69 Å². The van der Waals surface area contributed by atoms with Crippen molar-refractivity contribution >= 4 is 17.6 Å². The Morgan fingerprint density at radius 2 is 1.89 bits per heavy atom. The number of carboxylic acid groups (broad SMARTS) is 1. The number of hydrogen-bond acceptors (Lipinski definition) is 2. The Kier molecular flexibility index (Phi) is 5.10. The molecule has 1 amide bonds. The average molecular weight is 263 g/mol. The Hall–Kier alpha value is -1.84.